The zero-order valence-corrected chi connectivity index (χ0v) is 15.5. The fourth-order valence-electron chi connectivity index (χ4n) is 3.16. The minimum atomic E-state index is -3.29. The minimum absolute atomic E-state index is 0.0394. The lowest BCUT2D eigenvalue weighted by molar-refractivity contribution is 0.0761. The summed E-state index contributed by atoms with van der Waals surface area (Å²) in [5, 5.41) is 1.34. The Bertz CT molecular complexity index is 1050. The molecule has 0 aliphatic carbocycles. The normalized spacial score (nSPS) is 20.0. The highest BCUT2D eigenvalue weighted by Crippen LogP contribution is 2.32. The standard InChI is InChI=1S/C18H17N3O3S2/c22-18(15-12-19-13-4-1-2-5-14(13)20-15)21-8-7-17(16-6-3-10-25-16)26(23,24)11-9-21/h1-6,10,12,17H,7-9,11H2. The van der Waals surface area contributed by atoms with Crippen LogP contribution in [0.25, 0.3) is 11.0 Å². The van der Waals surface area contributed by atoms with Crippen molar-refractivity contribution in [1.29, 1.82) is 0 Å². The van der Waals surface area contributed by atoms with E-state index in [0.717, 1.165) is 10.4 Å². The van der Waals surface area contributed by atoms with E-state index < -0.39 is 15.1 Å². The molecule has 4 rings (SSSR count). The second kappa shape index (κ2) is 6.77. The Morgan fingerprint density at radius 2 is 1.92 bits per heavy atom. The molecule has 0 bridgehead atoms. The van der Waals surface area contributed by atoms with Crippen molar-refractivity contribution in [1.82, 2.24) is 14.9 Å². The summed E-state index contributed by atoms with van der Waals surface area (Å²) in [4.78, 5) is 23.9. The predicted octanol–water partition coefficient (Wildman–Crippen LogP) is 2.69. The molecule has 26 heavy (non-hydrogen) atoms. The fourth-order valence-corrected chi connectivity index (χ4v) is 6.17. The van der Waals surface area contributed by atoms with Crippen LogP contribution in [0, 0.1) is 0 Å². The van der Waals surface area contributed by atoms with Gasteiger partial charge in [-0.15, -0.1) is 11.3 Å². The second-order valence-electron chi connectivity index (χ2n) is 6.20. The molecule has 0 saturated carbocycles. The molecule has 3 heterocycles. The van der Waals surface area contributed by atoms with Gasteiger partial charge in [-0.05, 0) is 30.0 Å². The Hall–Kier alpha value is -2.32. The van der Waals surface area contributed by atoms with Gasteiger partial charge in [-0.1, -0.05) is 18.2 Å². The molecule has 2 aromatic heterocycles. The average Bonchev–Trinajstić information content (AvgIpc) is 3.12. The molecule has 134 valence electrons. The third-order valence-corrected chi connectivity index (χ3v) is 7.80. The van der Waals surface area contributed by atoms with Crippen LogP contribution in [0.1, 0.15) is 27.0 Å². The van der Waals surface area contributed by atoms with Crippen LogP contribution in [0.5, 0.6) is 0 Å². The molecule has 1 aromatic carbocycles. The number of aromatic nitrogens is 2. The molecule has 6 nitrogen and oxygen atoms in total. The first kappa shape index (κ1) is 17.1. The molecule has 1 fully saturated rings. The minimum Gasteiger partial charge on any atom is -0.336 e. The van der Waals surface area contributed by atoms with Crippen LogP contribution in [0.2, 0.25) is 0 Å². The third kappa shape index (κ3) is 3.22. The molecule has 1 aliphatic heterocycles. The van der Waals surface area contributed by atoms with Crippen LogP contribution < -0.4 is 0 Å². The number of carbonyl (C=O) groups is 1. The number of thiophene rings is 1. The van der Waals surface area contributed by atoms with Gasteiger partial charge in [0.2, 0.25) is 0 Å². The van der Waals surface area contributed by atoms with Gasteiger partial charge < -0.3 is 4.90 Å². The molecule has 3 aromatic rings. The molecular formula is C18H17N3O3S2. The predicted molar refractivity (Wildman–Crippen MR) is 101 cm³/mol. The van der Waals surface area contributed by atoms with Gasteiger partial charge >= 0.3 is 0 Å². The highest BCUT2D eigenvalue weighted by Gasteiger charge is 2.33. The average molecular weight is 387 g/mol. The second-order valence-corrected chi connectivity index (χ2v) is 9.48. The monoisotopic (exact) mass is 387 g/mol. The van der Waals surface area contributed by atoms with Gasteiger partial charge in [0.25, 0.3) is 5.91 Å². The summed E-state index contributed by atoms with van der Waals surface area (Å²) >= 11 is 1.44. The Balaban J connectivity index is 1.59. The van der Waals surface area contributed by atoms with E-state index in [1.165, 1.54) is 17.5 Å². The number of hydrogen-bond acceptors (Lipinski definition) is 6. The number of nitrogens with zero attached hydrogens (tertiary/aromatic N) is 3. The van der Waals surface area contributed by atoms with Crippen molar-refractivity contribution in [3.63, 3.8) is 0 Å². The van der Waals surface area contributed by atoms with Crippen molar-refractivity contribution in [3.8, 4) is 0 Å². The lowest BCUT2D eigenvalue weighted by Gasteiger charge is -2.19. The smallest absolute Gasteiger partial charge is 0.274 e. The molecule has 1 saturated heterocycles. The molecule has 1 unspecified atom stereocenters. The summed E-state index contributed by atoms with van der Waals surface area (Å²) < 4.78 is 25.2. The third-order valence-electron chi connectivity index (χ3n) is 4.56. The summed E-state index contributed by atoms with van der Waals surface area (Å²) in [6, 6.07) is 11.0. The van der Waals surface area contributed by atoms with E-state index in [-0.39, 0.29) is 23.9 Å². The molecule has 0 radical (unpaired) electrons. The first-order valence-electron chi connectivity index (χ1n) is 8.31. The number of carbonyl (C=O) groups excluding carboxylic acids is 1. The molecule has 0 spiro atoms. The maximum atomic E-state index is 12.8. The van der Waals surface area contributed by atoms with Crippen molar-refractivity contribution in [2.24, 2.45) is 0 Å². The fraction of sp³-hybridized carbons (Fsp3) is 0.278. The summed E-state index contributed by atoms with van der Waals surface area (Å²) in [6.07, 6.45) is 1.86. The topological polar surface area (TPSA) is 80.2 Å². The number of amides is 1. The van der Waals surface area contributed by atoms with E-state index in [2.05, 4.69) is 9.97 Å². The Morgan fingerprint density at radius 1 is 1.12 bits per heavy atom. The number of fused-ring (bicyclic) bond motifs is 1. The van der Waals surface area contributed by atoms with E-state index in [0.29, 0.717) is 18.5 Å². The molecule has 1 atom stereocenters. The zero-order valence-electron chi connectivity index (χ0n) is 13.9. The van der Waals surface area contributed by atoms with Gasteiger partial charge in [0.15, 0.2) is 9.84 Å². The SMILES string of the molecule is O=C(c1cnc2ccccc2n1)N1CCC(c2cccs2)S(=O)(=O)CC1. The highest BCUT2D eigenvalue weighted by molar-refractivity contribution is 7.91. The Kier molecular flexibility index (Phi) is 4.46. The van der Waals surface area contributed by atoms with Crippen molar-refractivity contribution >= 4 is 38.1 Å². The zero-order chi connectivity index (χ0) is 18.1. The lowest BCUT2D eigenvalue weighted by Crippen LogP contribution is -2.34. The maximum absolute atomic E-state index is 12.8. The van der Waals surface area contributed by atoms with Crippen LogP contribution in [0.4, 0.5) is 0 Å². The molecular weight excluding hydrogens is 370 g/mol. The van der Waals surface area contributed by atoms with Gasteiger partial charge in [-0.3, -0.25) is 9.78 Å². The molecule has 0 N–H and O–H groups in total. The van der Waals surface area contributed by atoms with E-state index in [1.54, 1.807) is 11.0 Å². The summed E-state index contributed by atoms with van der Waals surface area (Å²) in [6.45, 7) is 0.562. The first-order chi connectivity index (χ1) is 12.5. The Morgan fingerprint density at radius 3 is 2.69 bits per heavy atom. The van der Waals surface area contributed by atoms with E-state index in [4.69, 9.17) is 0 Å². The van der Waals surface area contributed by atoms with Gasteiger partial charge in [0, 0.05) is 18.0 Å². The largest absolute Gasteiger partial charge is 0.336 e. The number of para-hydroxylation sites is 2. The summed E-state index contributed by atoms with van der Waals surface area (Å²) in [7, 11) is -3.29. The van der Waals surface area contributed by atoms with Crippen molar-refractivity contribution in [3.05, 3.63) is 58.5 Å². The maximum Gasteiger partial charge on any atom is 0.274 e. The number of hydrogen-bond donors (Lipinski definition) is 0. The molecule has 8 heteroatoms. The van der Waals surface area contributed by atoms with Gasteiger partial charge in [-0.25, -0.2) is 13.4 Å². The van der Waals surface area contributed by atoms with E-state index >= 15 is 0 Å². The van der Waals surface area contributed by atoms with Gasteiger partial charge in [0.05, 0.1) is 28.2 Å². The number of benzene rings is 1. The van der Waals surface area contributed by atoms with Gasteiger partial charge in [-0.2, -0.15) is 0 Å². The van der Waals surface area contributed by atoms with Crippen molar-refractivity contribution in [2.45, 2.75) is 11.7 Å². The van der Waals surface area contributed by atoms with Crippen LogP contribution in [-0.4, -0.2) is 48.0 Å². The van der Waals surface area contributed by atoms with Crippen LogP contribution >= 0.6 is 11.3 Å². The van der Waals surface area contributed by atoms with E-state index in [9.17, 15) is 13.2 Å². The summed E-state index contributed by atoms with van der Waals surface area (Å²) in [5.74, 6) is -0.312. The van der Waals surface area contributed by atoms with E-state index in [1.807, 2.05) is 35.7 Å². The van der Waals surface area contributed by atoms with Crippen LogP contribution in [0.3, 0.4) is 0 Å². The number of rotatable bonds is 2. The molecule has 1 amide bonds. The Labute approximate surface area is 155 Å². The van der Waals surface area contributed by atoms with Crippen LogP contribution in [-0.2, 0) is 9.84 Å². The van der Waals surface area contributed by atoms with Crippen molar-refractivity contribution < 1.29 is 13.2 Å². The molecule has 1 aliphatic rings. The van der Waals surface area contributed by atoms with Crippen molar-refractivity contribution in [2.75, 3.05) is 18.8 Å². The summed E-state index contributed by atoms with van der Waals surface area (Å²) in [5.41, 5.74) is 1.62. The first-order valence-corrected chi connectivity index (χ1v) is 10.9. The van der Waals surface area contributed by atoms with Crippen LogP contribution in [0.15, 0.2) is 48.0 Å². The highest BCUT2D eigenvalue weighted by atomic mass is 32.2. The quantitative estimate of drug-likeness (QED) is 0.675. The number of sulfone groups is 1. The lowest BCUT2D eigenvalue weighted by atomic mass is 10.2. The van der Waals surface area contributed by atoms with Gasteiger partial charge in [0.1, 0.15) is 5.69 Å².